The van der Waals surface area contributed by atoms with Crippen LogP contribution in [0.5, 0.6) is 0 Å². The van der Waals surface area contributed by atoms with Crippen LogP contribution in [0.15, 0.2) is 46.4 Å². The molecule has 1 aliphatic rings. The number of carbonyl (C=O) groups excluding carboxylic acids is 1. The predicted octanol–water partition coefficient (Wildman–Crippen LogP) is 3.00. The number of piperidine rings is 1. The number of amides is 1. The van der Waals surface area contributed by atoms with Gasteiger partial charge in [0.25, 0.3) is 5.91 Å². The molecule has 8 heteroatoms. The van der Waals surface area contributed by atoms with Crippen molar-refractivity contribution in [2.45, 2.75) is 31.1 Å². The molecule has 1 aromatic heterocycles. The van der Waals surface area contributed by atoms with Crippen molar-refractivity contribution in [3.8, 4) is 0 Å². The monoisotopic (exact) mass is 391 g/mol. The molecule has 1 saturated heterocycles. The molecule has 2 aromatic rings. The molecular weight excluding hydrogens is 370 g/mol. The molecule has 0 bridgehead atoms. The molecule has 138 valence electrons. The second-order valence-electron chi connectivity index (χ2n) is 6.14. The van der Waals surface area contributed by atoms with E-state index < -0.39 is 15.9 Å². The van der Waals surface area contributed by atoms with Gasteiger partial charge in [0.15, 0.2) is 0 Å². The first-order chi connectivity index (χ1) is 12.5. The highest BCUT2D eigenvalue weighted by atomic mass is 32.2. The maximum absolute atomic E-state index is 12.7. The number of carbonyl (C=O) groups is 1. The average Bonchev–Trinajstić information content (AvgIpc) is 3.07. The van der Waals surface area contributed by atoms with E-state index in [0.717, 1.165) is 29.0 Å². The van der Waals surface area contributed by atoms with E-state index in [9.17, 15) is 13.2 Å². The van der Waals surface area contributed by atoms with E-state index in [0.29, 0.717) is 13.1 Å². The fraction of sp³-hybridized carbons (Fsp3) is 0.333. The van der Waals surface area contributed by atoms with Crippen molar-refractivity contribution in [1.82, 2.24) is 9.73 Å². The molecule has 0 radical (unpaired) electrons. The highest BCUT2D eigenvalue weighted by Crippen LogP contribution is 2.21. The van der Waals surface area contributed by atoms with Crippen LogP contribution in [0.1, 0.15) is 39.4 Å². The number of hydrogen-bond acceptors (Lipinski definition) is 5. The molecule has 0 unspecified atom stereocenters. The molecule has 0 aliphatic carbocycles. The lowest BCUT2D eigenvalue weighted by Crippen LogP contribution is -2.35. The minimum atomic E-state index is -3.56. The Hall–Kier alpha value is -2.03. The van der Waals surface area contributed by atoms with Crippen LogP contribution in [0.2, 0.25) is 0 Å². The van der Waals surface area contributed by atoms with Crippen molar-refractivity contribution >= 4 is 33.5 Å². The Bertz CT molecular complexity index is 913. The minimum Gasteiger partial charge on any atom is -0.267 e. The third-order valence-electron chi connectivity index (χ3n) is 4.17. The van der Waals surface area contributed by atoms with E-state index in [-0.39, 0.29) is 10.5 Å². The number of hydrazone groups is 1. The number of nitrogens with one attached hydrogen (secondary N) is 1. The van der Waals surface area contributed by atoms with Crippen LogP contribution in [-0.2, 0) is 10.0 Å². The fourth-order valence-corrected chi connectivity index (χ4v) is 5.11. The minimum absolute atomic E-state index is 0.143. The number of aryl methyl sites for hydroxylation is 1. The van der Waals surface area contributed by atoms with Gasteiger partial charge in [0.1, 0.15) is 0 Å². The lowest BCUT2D eigenvalue weighted by Gasteiger charge is -2.25. The summed E-state index contributed by atoms with van der Waals surface area (Å²) in [5, 5.41) is 3.94. The highest BCUT2D eigenvalue weighted by Gasteiger charge is 2.26. The van der Waals surface area contributed by atoms with Gasteiger partial charge in [-0.2, -0.15) is 9.41 Å². The van der Waals surface area contributed by atoms with E-state index in [4.69, 9.17) is 0 Å². The van der Waals surface area contributed by atoms with Gasteiger partial charge in [0.2, 0.25) is 10.0 Å². The van der Waals surface area contributed by atoms with Gasteiger partial charge in [-0.3, -0.25) is 4.79 Å². The Morgan fingerprint density at radius 1 is 1.19 bits per heavy atom. The summed E-state index contributed by atoms with van der Waals surface area (Å²) in [4.78, 5) is 14.5. The number of benzene rings is 1. The maximum Gasteiger partial charge on any atom is 0.271 e. The lowest BCUT2D eigenvalue weighted by molar-refractivity contribution is 0.0955. The highest BCUT2D eigenvalue weighted by molar-refractivity contribution is 7.89. The van der Waals surface area contributed by atoms with Gasteiger partial charge in [-0.1, -0.05) is 12.5 Å². The van der Waals surface area contributed by atoms with Crippen LogP contribution in [0, 0.1) is 6.92 Å². The Kier molecular flexibility index (Phi) is 5.85. The number of thiophene rings is 1. The third-order valence-corrected chi connectivity index (χ3v) is 7.00. The molecule has 1 fully saturated rings. The average molecular weight is 392 g/mol. The van der Waals surface area contributed by atoms with Crippen LogP contribution in [0.4, 0.5) is 0 Å². The Balaban J connectivity index is 1.71. The molecular formula is C18H21N3O3S2. The summed E-state index contributed by atoms with van der Waals surface area (Å²) in [5.74, 6) is -0.440. The molecule has 1 N–H and O–H groups in total. The molecule has 2 heterocycles. The molecule has 3 rings (SSSR count). The summed E-state index contributed by atoms with van der Waals surface area (Å²) in [6.45, 7) is 3.06. The maximum atomic E-state index is 12.7. The van der Waals surface area contributed by atoms with Gasteiger partial charge in [-0.05, 0) is 50.1 Å². The Morgan fingerprint density at radius 3 is 2.65 bits per heavy atom. The largest absolute Gasteiger partial charge is 0.271 e. The van der Waals surface area contributed by atoms with Gasteiger partial charge >= 0.3 is 0 Å². The van der Waals surface area contributed by atoms with Gasteiger partial charge in [0.05, 0.1) is 11.1 Å². The molecule has 1 amide bonds. The first-order valence-electron chi connectivity index (χ1n) is 8.47. The molecule has 1 aliphatic heterocycles. The van der Waals surface area contributed by atoms with Crippen molar-refractivity contribution in [2.75, 3.05) is 13.1 Å². The van der Waals surface area contributed by atoms with Gasteiger partial charge < -0.3 is 0 Å². The number of hydrogen-bond donors (Lipinski definition) is 1. The van der Waals surface area contributed by atoms with E-state index in [2.05, 4.69) is 10.5 Å². The topological polar surface area (TPSA) is 78.8 Å². The summed E-state index contributed by atoms with van der Waals surface area (Å²) in [6, 6.07) is 9.99. The second kappa shape index (κ2) is 8.11. The molecule has 0 spiro atoms. The summed E-state index contributed by atoms with van der Waals surface area (Å²) in [5.41, 5.74) is 2.71. The van der Waals surface area contributed by atoms with Crippen LogP contribution >= 0.6 is 11.3 Å². The molecule has 26 heavy (non-hydrogen) atoms. The number of sulfonamides is 1. The van der Waals surface area contributed by atoms with E-state index in [1.54, 1.807) is 29.7 Å². The molecule has 0 saturated carbocycles. The van der Waals surface area contributed by atoms with E-state index >= 15 is 0 Å². The second-order valence-corrected chi connectivity index (χ2v) is 9.40. The smallest absolute Gasteiger partial charge is 0.267 e. The van der Waals surface area contributed by atoms with E-state index in [1.807, 2.05) is 19.1 Å². The Morgan fingerprint density at radius 2 is 1.96 bits per heavy atom. The van der Waals surface area contributed by atoms with E-state index in [1.165, 1.54) is 16.4 Å². The summed E-state index contributed by atoms with van der Waals surface area (Å²) in [6.07, 6.45) is 4.37. The van der Waals surface area contributed by atoms with Crippen molar-refractivity contribution in [2.24, 2.45) is 5.10 Å². The number of rotatable bonds is 5. The molecule has 1 aromatic carbocycles. The normalized spacial score (nSPS) is 16.0. The van der Waals surface area contributed by atoms with Gasteiger partial charge in [-0.15, -0.1) is 11.3 Å². The first kappa shape index (κ1) is 18.8. The fourth-order valence-electron chi connectivity index (χ4n) is 2.79. The zero-order valence-corrected chi connectivity index (χ0v) is 16.1. The summed E-state index contributed by atoms with van der Waals surface area (Å²) >= 11 is 1.57. The zero-order chi connectivity index (χ0) is 18.6. The summed E-state index contributed by atoms with van der Waals surface area (Å²) in [7, 11) is -3.56. The van der Waals surface area contributed by atoms with Crippen molar-refractivity contribution in [1.29, 1.82) is 0 Å². The van der Waals surface area contributed by atoms with Gasteiger partial charge in [-0.25, -0.2) is 13.8 Å². The van der Waals surface area contributed by atoms with Crippen LogP contribution in [0.25, 0.3) is 0 Å². The SMILES string of the molecule is Cc1ccc(/C=N/NC(=O)c2cccc(S(=O)(=O)N3CCCCC3)c2)s1. The van der Waals surface area contributed by atoms with Crippen molar-refractivity contribution < 1.29 is 13.2 Å². The molecule has 0 atom stereocenters. The predicted molar refractivity (Wildman–Crippen MR) is 103 cm³/mol. The number of nitrogens with zero attached hydrogens (tertiary/aromatic N) is 2. The Labute approximate surface area is 157 Å². The third kappa shape index (κ3) is 4.38. The van der Waals surface area contributed by atoms with Crippen molar-refractivity contribution in [3.63, 3.8) is 0 Å². The van der Waals surface area contributed by atoms with Crippen LogP contribution in [-0.4, -0.2) is 37.9 Å². The van der Waals surface area contributed by atoms with Gasteiger partial charge in [0, 0.05) is 28.4 Å². The van der Waals surface area contributed by atoms with Crippen molar-refractivity contribution in [3.05, 3.63) is 51.7 Å². The standard InChI is InChI=1S/C18H21N3O3S2/c1-14-8-9-16(25-14)13-19-20-18(22)15-6-5-7-17(12-15)26(23,24)21-10-3-2-4-11-21/h5-9,12-13H,2-4,10-11H2,1H3,(H,20,22)/b19-13+. The van der Waals surface area contributed by atoms with Crippen LogP contribution < -0.4 is 5.43 Å². The lowest BCUT2D eigenvalue weighted by atomic mass is 10.2. The molecule has 6 nitrogen and oxygen atoms in total. The first-order valence-corrected chi connectivity index (χ1v) is 10.7. The quantitative estimate of drug-likeness (QED) is 0.629. The van der Waals surface area contributed by atoms with Crippen LogP contribution in [0.3, 0.4) is 0 Å². The summed E-state index contributed by atoms with van der Waals surface area (Å²) < 4.78 is 26.9. The zero-order valence-electron chi connectivity index (χ0n) is 14.5.